The highest BCUT2D eigenvalue weighted by molar-refractivity contribution is 7.80. The molecule has 0 saturated heterocycles. The number of hydrogen-bond acceptors (Lipinski definition) is 5. The van der Waals surface area contributed by atoms with Gasteiger partial charge in [-0.3, -0.25) is 4.68 Å². The van der Waals surface area contributed by atoms with Gasteiger partial charge in [0.2, 0.25) is 0 Å². The molecule has 0 radical (unpaired) electrons. The van der Waals surface area contributed by atoms with E-state index in [0.717, 1.165) is 10.4 Å². The van der Waals surface area contributed by atoms with Gasteiger partial charge in [-0.25, -0.2) is 9.18 Å². The smallest absolute Gasteiger partial charge is 0.341 e. The number of nitrogens with zero attached hydrogens (tertiary/aromatic N) is 2. The molecule has 3 aromatic rings. The fourth-order valence-corrected chi connectivity index (χ4v) is 4.22. The van der Waals surface area contributed by atoms with Gasteiger partial charge in [-0.05, 0) is 43.8 Å². The maximum Gasteiger partial charge on any atom is 0.341 e. The van der Waals surface area contributed by atoms with Crippen LogP contribution in [0.4, 0.5) is 15.2 Å². The number of carbonyl (C=O) groups is 1. The molecule has 2 N–H and O–H groups in total. The lowest BCUT2D eigenvalue weighted by Crippen LogP contribution is -2.20. The van der Waals surface area contributed by atoms with Gasteiger partial charge < -0.3 is 15.4 Å². The fourth-order valence-electron chi connectivity index (χ4n) is 2.68. The van der Waals surface area contributed by atoms with Crippen molar-refractivity contribution in [2.24, 2.45) is 0 Å². The second-order valence-corrected chi connectivity index (χ2v) is 8.20. The number of nitrogens with one attached hydrogen (secondary N) is 2. The average molecular weight is 453 g/mol. The number of rotatable bonds is 5. The molecule has 0 spiro atoms. The molecule has 1 aromatic carbocycles. The van der Waals surface area contributed by atoms with E-state index < -0.39 is 11.8 Å². The third-order valence-electron chi connectivity index (χ3n) is 4.27. The van der Waals surface area contributed by atoms with Gasteiger partial charge in [-0.15, -0.1) is 11.3 Å². The Morgan fingerprint density at radius 2 is 2.10 bits per heavy atom. The van der Waals surface area contributed by atoms with Crippen molar-refractivity contribution in [1.82, 2.24) is 9.78 Å². The summed E-state index contributed by atoms with van der Waals surface area (Å²) in [6.45, 7) is 3.96. The normalized spacial score (nSPS) is 10.7. The van der Waals surface area contributed by atoms with Crippen LogP contribution in [0.1, 0.15) is 26.4 Å². The third-order valence-corrected chi connectivity index (χ3v) is 5.95. The van der Waals surface area contributed by atoms with E-state index in [2.05, 4.69) is 15.7 Å². The summed E-state index contributed by atoms with van der Waals surface area (Å²) in [5.74, 6) is -0.346. The van der Waals surface area contributed by atoms with Gasteiger partial charge in [0, 0.05) is 27.7 Å². The second kappa shape index (κ2) is 8.89. The van der Waals surface area contributed by atoms with Crippen molar-refractivity contribution in [2.45, 2.75) is 20.4 Å². The quantitative estimate of drug-likeness (QED) is 0.419. The molecule has 0 bridgehead atoms. The Kier molecular flexibility index (Phi) is 6.51. The van der Waals surface area contributed by atoms with Crippen LogP contribution in [0.2, 0.25) is 5.02 Å². The molecule has 0 aliphatic rings. The summed E-state index contributed by atoms with van der Waals surface area (Å²) < 4.78 is 20.4. The molecule has 2 aromatic heterocycles. The van der Waals surface area contributed by atoms with Crippen LogP contribution in [0.5, 0.6) is 0 Å². The van der Waals surface area contributed by atoms with Gasteiger partial charge in [-0.1, -0.05) is 17.7 Å². The predicted octanol–water partition coefficient (Wildman–Crippen LogP) is 5.00. The number of ether oxygens (including phenoxy) is 1. The first-order valence-corrected chi connectivity index (χ1v) is 10.1. The first-order valence-electron chi connectivity index (χ1n) is 8.52. The van der Waals surface area contributed by atoms with Crippen LogP contribution in [0.3, 0.4) is 0 Å². The zero-order valence-electron chi connectivity index (χ0n) is 15.9. The van der Waals surface area contributed by atoms with E-state index in [9.17, 15) is 9.18 Å². The minimum absolute atomic E-state index is 0.184. The average Bonchev–Trinajstić information content (AvgIpc) is 3.22. The van der Waals surface area contributed by atoms with Crippen LogP contribution in [0.15, 0.2) is 30.5 Å². The van der Waals surface area contributed by atoms with Gasteiger partial charge >= 0.3 is 5.97 Å². The fraction of sp³-hybridized carbons (Fsp3) is 0.211. The van der Waals surface area contributed by atoms with E-state index in [1.807, 2.05) is 13.8 Å². The van der Waals surface area contributed by atoms with Crippen LogP contribution in [-0.4, -0.2) is 28.0 Å². The lowest BCUT2D eigenvalue weighted by molar-refractivity contribution is 0.0601. The Bertz CT molecular complexity index is 1060. The van der Waals surface area contributed by atoms with Gasteiger partial charge in [-0.2, -0.15) is 5.10 Å². The largest absolute Gasteiger partial charge is 0.465 e. The number of benzene rings is 1. The minimum atomic E-state index is -0.428. The summed E-state index contributed by atoms with van der Waals surface area (Å²) in [6, 6.07) is 6.24. The maximum atomic E-state index is 14.0. The summed E-state index contributed by atoms with van der Waals surface area (Å²) >= 11 is 12.8. The van der Waals surface area contributed by atoms with Crippen molar-refractivity contribution in [2.75, 3.05) is 17.7 Å². The number of esters is 1. The van der Waals surface area contributed by atoms with Crippen LogP contribution in [0, 0.1) is 19.7 Å². The van der Waals surface area contributed by atoms with Gasteiger partial charge in [0.15, 0.2) is 10.9 Å². The molecular formula is C19H18ClFN4O2S2. The number of halogens is 2. The monoisotopic (exact) mass is 452 g/mol. The minimum Gasteiger partial charge on any atom is -0.465 e. The van der Waals surface area contributed by atoms with E-state index in [-0.39, 0.29) is 11.7 Å². The molecule has 0 aliphatic carbocycles. The number of methoxy groups -OCH3 is 1. The first-order chi connectivity index (χ1) is 13.8. The molecule has 6 nitrogen and oxygen atoms in total. The Hall–Kier alpha value is -2.49. The van der Waals surface area contributed by atoms with Gasteiger partial charge in [0.1, 0.15) is 10.8 Å². The lowest BCUT2D eigenvalue weighted by atomic mass is 10.1. The molecule has 0 amide bonds. The molecule has 10 heteroatoms. The first kappa shape index (κ1) is 21.2. The van der Waals surface area contributed by atoms with E-state index in [1.165, 1.54) is 24.5 Å². The summed E-state index contributed by atoms with van der Waals surface area (Å²) in [6.07, 6.45) is 1.69. The summed E-state index contributed by atoms with van der Waals surface area (Å²) in [5, 5.41) is 11.5. The summed E-state index contributed by atoms with van der Waals surface area (Å²) in [7, 11) is 1.34. The molecule has 29 heavy (non-hydrogen) atoms. The van der Waals surface area contributed by atoms with Crippen LogP contribution in [-0.2, 0) is 11.3 Å². The van der Waals surface area contributed by atoms with E-state index in [0.29, 0.717) is 27.0 Å². The van der Waals surface area contributed by atoms with Crippen molar-refractivity contribution in [1.29, 1.82) is 0 Å². The topological polar surface area (TPSA) is 68.2 Å². The number of thiophene rings is 1. The molecule has 0 fully saturated rings. The number of hydrogen-bond donors (Lipinski definition) is 2. The van der Waals surface area contributed by atoms with Gasteiger partial charge in [0.05, 0.1) is 19.2 Å². The highest BCUT2D eigenvalue weighted by atomic mass is 35.5. The van der Waals surface area contributed by atoms with Crippen molar-refractivity contribution >= 4 is 57.1 Å². The molecular weight excluding hydrogens is 435 g/mol. The zero-order valence-corrected chi connectivity index (χ0v) is 18.3. The molecule has 0 atom stereocenters. The summed E-state index contributed by atoms with van der Waals surface area (Å²) in [4.78, 5) is 13.1. The van der Waals surface area contributed by atoms with E-state index in [1.54, 1.807) is 29.1 Å². The molecule has 152 valence electrons. The highest BCUT2D eigenvalue weighted by Crippen LogP contribution is 2.33. The maximum absolute atomic E-state index is 14.0. The van der Waals surface area contributed by atoms with Crippen LogP contribution >= 0.6 is 35.2 Å². The standard InChI is InChI=1S/C19H18ClFN4O2S2/c1-10-11(2)29-17(16(10)18(26)27-3)23-19(28)22-15-7-8-25(24-15)9-12-13(20)5-4-6-14(12)21/h4-8H,9H2,1-3H3,(H2,22,23,24,28). The van der Waals surface area contributed by atoms with Gasteiger partial charge in [0.25, 0.3) is 0 Å². The van der Waals surface area contributed by atoms with Crippen molar-refractivity contribution in [3.63, 3.8) is 0 Å². The van der Waals surface area contributed by atoms with Crippen molar-refractivity contribution in [3.8, 4) is 0 Å². The SMILES string of the molecule is COC(=O)c1c(NC(=S)Nc2ccn(Cc3c(F)cccc3Cl)n2)sc(C)c1C. The molecule has 0 aliphatic heterocycles. The number of aromatic nitrogens is 2. The number of aryl methyl sites for hydroxylation is 1. The molecule has 0 unspecified atom stereocenters. The van der Waals surface area contributed by atoms with Crippen LogP contribution < -0.4 is 10.6 Å². The number of thiocarbonyl (C=S) groups is 1. The second-order valence-electron chi connectivity index (χ2n) is 6.16. The lowest BCUT2D eigenvalue weighted by Gasteiger charge is -2.09. The highest BCUT2D eigenvalue weighted by Gasteiger charge is 2.21. The van der Waals surface area contributed by atoms with Crippen molar-refractivity contribution < 1.29 is 13.9 Å². The third kappa shape index (κ3) is 4.75. The molecule has 3 rings (SSSR count). The van der Waals surface area contributed by atoms with Crippen LogP contribution in [0.25, 0.3) is 0 Å². The Morgan fingerprint density at radius 1 is 1.34 bits per heavy atom. The Labute approximate surface area is 181 Å². The van der Waals surface area contributed by atoms with E-state index >= 15 is 0 Å². The van der Waals surface area contributed by atoms with Crippen molar-refractivity contribution in [3.05, 3.63) is 62.9 Å². The number of carbonyl (C=O) groups excluding carboxylic acids is 1. The Morgan fingerprint density at radius 3 is 2.79 bits per heavy atom. The molecule has 0 saturated carbocycles. The zero-order chi connectivity index (χ0) is 21.1. The molecule has 2 heterocycles. The summed E-state index contributed by atoms with van der Waals surface area (Å²) in [5.41, 5.74) is 1.66. The van der Waals surface area contributed by atoms with E-state index in [4.69, 9.17) is 28.6 Å². The number of anilines is 2. The predicted molar refractivity (Wildman–Crippen MR) is 118 cm³/mol. The Balaban J connectivity index is 1.70.